The molecule has 2 heterocycles. The van der Waals surface area contributed by atoms with Crippen LogP contribution >= 0.6 is 0 Å². The molecule has 1 aliphatic heterocycles. The number of rotatable bonds is 4. The van der Waals surface area contributed by atoms with Crippen molar-refractivity contribution < 1.29 is 14.4 Å². The summed E-state index contributed by atoms with van der Waals surface area (Å²) in [5, 5.41) is 0. The lowest BCUT2D eigenvalue weighted by Crippen LogP contribution is -2.50. The lowest BCUT2D eigenvalue weighted by Gasteiger charge is -2.34. The molecule has 2 N–H and O–H groups in total. The summed E-state index contributed by atoms with van der Waals surface area (Å²) in [7, 11) is 0. The molecule has 0 bridgehead atoms. The van der Waals surface area contributed by atoms with Crippen molar-refractivity contribution >= 4 is 17.8 Å². The van der Waals surface area contributed by atoms with Crippen molar-refractivity contribution in [1.29, 1.82) is 0 Å². The summed E-state index contributed by atoms with van der Waals surface area (Å²) >= 11 is 0. The van der Waals surface area contributed by atoms with Gasteiger partial charge < -0.3 is 9.80 Å². The third-order valence-corrected chi connectivity index (χ3v) is 4.37. The molecule has 0 unspecified atom stereocenters. The standard InChI is InChI=1S/C17H25N5O3/c1-3-21(4-2)17(25)22-11-8-13(9-12-22)15(23)19-20-16(24)14-7-5-6-10-18-14/h5-7,10,13H,3-4,8-9,11-12H2,1-2H3,(H,19,23)(H,20,24). The van der Waals surface area contributed by atoms with Gasteiger partial charge in [0.25, 0.3) is 5.91 Å². The van der Waals surface area contributed by atoms with Gasteiger partial charge in [0.2, 0.25) is 5.91 Å². The van der Waals surface area contributed by atoms with Gasteiger partial charge in [-0.05, 0) is 38.8 Å². The molecule has 25 heavy (non-hydrogen) atoms. The van der Waals surface area contributed by atoms with Crippen molar-refractivity contribution in [2.75, 3.05) is 26.2 Å². The van der Waals surface area contributed by atoms with Crippen molar-refractivity contribution in [1.82, 2.24) is 25.6 Å². The summed E-state index contributed by atoms with van der Waals surface area (Å²) in [5.41, 5.74) is 5.06. The number of amides is 4. The van der Waals surface area contributed by atoms with Crippen LogP contribution in [0.4, 0.5) is 4.79 Å². The van der Waals surface area contributed by atoms with Gasteiger partial charge >= 0.3 is 6.03 Å². The van der Waals surface area contributed by atoms with Crippen molar-refractivity contribution in [3.8, 4) is 0 Å². The minimum Gasteiger partial charge on any atom is -0.325 e. The first kappa shape index (κ1) is 18.7. The maximum atomic E-state index is 12.3. The Hall–Kier alpha value is -2.64. The second-order valence-corrected chi connectivity index (χ2v) is 5.87. The molecule has 136 valence electrons. The number of piperidine rings is 1. The van der Waals surface area contributed by atoms with Crippen LogP contribution in [0.15, 0.2) is 24.4 Å². The highest BCUT2D eigenvalue weighted by Gasteiger charge is 2.29. The Morgan fingerprint density at radius 2 is 1.84 bits per heavy atom. The van der Waals surface area contributed by atoms with Crippen LogP contribution in [0.3, 0.4) is 0 Å². The first-order valence-electron chi connectivity index (χ1n) is 8.61. The van der Waals surface area contributed by atoms with Gasteiger partial charge in [0.15, 0.2) is 0 Å². The third-order valence-electron chi connectivity index (χ3n) is 4.37. The number of hydrogen-bond acceptors (Lipinski definition) is 4. The van der Waals surface area contributed by atoms with Crippen molar-refractivity contribution in [2.45, 2.75) is 26.7 Å². The van der Waals surface area contributed by atoms with Gasteiger partial charge in [0, 0.05) is 38.3 Å². The van der Waals surface area contributed by atoms with E-state index >= 15 is 0 Å². The average Bonchev–Trinajstić information content (AvgIpc) is 2.67. The van der Waals surface area contributed by atoms with Crippen LogP contribution in [0.25, 0.3) is 0 Å². The van der Waals surface area contributed by atoms with Crippen molar-refractivity contribution in [3.05, 3.63) is 30.1 Å². The van der Waals surface area contributed by atoms with Gasteiger partial charge in [-0.25, -0.2) is 4.79 Å². The molecule has 8 nitrogen and oxygen atoms in total. The van der Waals surface area contributed by atoms with Crippen LogP contribution in [0.5, 0.6) is 0 Å². The number of aromatic nitrogens is 1. The molecule has 0 aliphatic carbocycles. The fourth-order valence-corrected chi connectivity index (χ4v) is 2.81. The number of hydrazine groups is 1. The fourth-order valence-electron chi connectivity index (χ4n) is 2.81. The minimum absolute atomic E-state index is 0.0207. The maximum Gasteiger partial charge on any atom is 0.319 e. The SMILES string of the molecule is CCN(CC)C(=O)N1CCC(C(=O)NNC(=O)c2ccccn2)CC1. The van der Waals surface area contributed by atoms with Crippen LogP contribution in [0, 0.1) is 5.92 Å². The molecule has 2 rings (SSSR count). The smallest absolute Gasteiger partial charge is 0.319 e. The number of urea groups is 1. The number of likely N-dealkylation sites (tertiary alicyclic amines) is 1. The molecular formula is C17H25N5O3. The van der Waals surface area contributed by atoms with E-state index in [-0.39, 0.29) is 23.6 Å². The number of pyridine rings is 1. The highest BCUT2D eigenvalue weighted by atomic mass is 16.2. The first-order valence-corrected chi connectivity index (χ1v) is 8.61. The number of hydrogen-bond donors (Lipinski definition) is 2. The Morgan fingerprint density at radius 1 is 1.16 bits per heavy atom. The van der Waals surface area contributed by atoms with Crippen LogP contribution < -0.4 is 10.9 Å². The molecule has 8 heteroatoms. The van der Waals surface area contributed by atoms with Crippen LogP contribution in [0.1, 0.15) is 37.2 Å². The monoisotopic (exact) mass is 347 g/mol. The lowest BCUT2D eigenvalue weighted by atomic mass is 9.96. The van der Waals surface area contributed by atoms with E-state index in [4.69, 9.17) is 0 Å². The maximum absolute atomic E-state index is 12.3. The zero-order chi connectivity index (χ0) is 18.2. The normalized spacial score (nSPS) is 14.7. The van der Waals surface area contributed by atoms with E-state index in [0.29, 0.717) is 39.0 Å². The van der Waals surface area contributed by atoms with Gasteiger partial charge in [0.1, 0.15) is 5.69 Å². The van der Waals surface area contributed by atoms with E-state index in [1.165, 1.54) is 6.20 Å². The molecule has 0 spiro atoms. The number of nitrogens with one attached hydrogen (secondary N) is 2. The molecule has 1 aliphatic rings. The quantitative estimate of drug-likeness (QED) is 0.795. The summed E-state index contributed by atoms with van der Waals surface area (Å²) in [6.45, 7) is 6.34. The van der Waals surface area contributed by atoms with Gasteiger partial charge in [-0.2, -0.15) is 0 Å². The molecule has 0 aromatic carbocycles. The summed E-state index contributed by atoms with van der Waals surface area (Å²) in [4.78, 5) is 43.8. The highest BCUT2D eigenvalue weighted by Crippen LogP contribution is 2.18. The molecule has 1 aromatic heterocycles. The predicted octanol–water partition coefficient (Wildman–Crippen LogP) is 1.02. The Balaban J connectivity index is 1.77. The minimum atomic E-state index is -0.455. The summed E-state index contributed by atoms with van der Waals surface area (Å²) < 4.78 is 0. The van der Waals surface area contributed by atoms with Crippen molar-refractivity contribution in [3.63, 3.8) is 0 Å². The Kier molecular flexibility index (Phi) is 6.73. The first-order chi connectivity index (χ1) is 12.1. The molecule has 1 fully saturated rings. The largest absolute Gasteiger partial charge is 0.325 e. The summed E-state index contributed by atoms with van der Waals surface area (Å²) in [6.07, 6.45) is 2.68. The highest BCUT2D eigenvalue weighted by molar-refractivity contribution is 5.93. The van der Waals surface area contributed by atoms with Gasteiger partial charge in [-0.15, -0.1) is 0 Å². The Bertz CT molecular complexity index is 596. The van der Waals surface area contributed by atoms with Crippen LogP contribution in [-0.2, 0) is 4.79 Å². The van der Waals surface area contributed by atoms with E-state index in [0.717, 1.165) is 0 Å². The van der Waals surface area contributed by atoms with Gasteiger partial charge in [-0.1, -0.05) is 6.07 Å². The van der Waals surface area contributed by atoms with Gasteiger partial charge in [-0.3, -0.25) is 25.4 Å². The number of carbonyl (C=O) groups is 3. The van der Waals surface area contributed by atoms with E-state index in [9.17, 15) is 14.4 Å². The molecule has 1 aromatic rings. The average molecular weight is 347 g/mol. The third kappa shape index (κ3) is 4.91. The molecular weight excluding hydrogens is 322 g/mol. The summed E-state index contributed by atoms with van der Waals surface area (Å²) in [5.74, 6) is -0.910. The second kappa shape index (κ2) is 9.00. The molecule has 4 amide bonds. The molecule has 0 saturated carbocycles. The number of nitrogens with zero attached hydrogens (tertiary/aromatic N) is 3. The van der Waals surface area contributed by atoms with Crippen molar-refractivity contribution in [2.24, 2.45) is 5.92 Å². The summed E-state index contributed by atoms with van der Waals surface area (Å²) in [6, 6.07) is 5.00. The zero-order valence-corrected chi connectivity index (χ0v) is 14.7. The Morgan fingerprint density at radius 3 is 2.40 bits per heavy atom. The zero-order valence-electron chi connectivity index (χ0n) is 14.7. The van der Waals surface area contributed by atoms with E-state index in [1.54, 1.807) is 28.0 Å². The molecule has 1 saturated heterocycles. The molecule has 0 atom stereocenters. The van der Waals surface area contributed by atoms with Gasteiger partial charge in [0.05, 0.1) is 0 Å². The lowest BCUT2D eigenvalue weighted by molar-refractivity contribution is -0.127. The number of carbonyl (C=O) groups excluding carboxylic acids is 3. The Labute approximate surface area is 147 Å². The van der Waals surface area contributed by atoms with Crippen LogP contribution in [0.2, 0.25) is 0 Å². The predicted molar refractivity (Wildman–Crippen MR) is 92.5 cm³/mol. The second-order valence-electron chi connectivity index (χ2n) is 5.87. The van der Waals surface area contributed by atoms with E-state index in [1.807, 2.05) is 13.8 Å². The topological polar surface area (TPSA) is 94.6 Å². The van der Waals surface area contributed by atoms with E-state index < -0.39 is 5.91 Å². The molecule has 0 radical (unpaired) electrons. The van der Waals surface area contributed by atoms with E-state index in [2.05, 4.69) is 15.8 Å². The van der Waals surface area contributed by atoms with Crippen LogP contribution in [-0.4, -0.2) is 58.8 Å². The fraction of sp³-hybridized carbons (Fsp3) is 0.529.